The van der Waals surface area contributed by atoms with Crippen molar-refractivity contribution in [3.05, 3.63) is 205 Å². The summed E-state index contributed by atoms with van der Waals surface area (Å²) in [6.45, 7) is 0. The monoisotopic (exact) mass is 820 g/mol. The Labute approximate surface area is 360 Å². The van der Waals surface area contributed by atoms with E-state index in [1.807, 2.05) is 120 Å². The largest absolute Gasteiger partial charge is 0.417 e. The summed E-state index contributed by atoms with van der Waals surface area (Å²) in [6, 6.07) is 61.3. The molecule has 0 unspecified atom stereocenters. The molecule has 0 amide bonds. The highest BCUT2D eigenvalue weighted by molar-refractivity contribution is 6.12. The quantitative estimate of drug-likeness (QED) is 0.160. The van der Waals surface area contributed by atoms with E-state index < -0.39 is 11.7 Å². The SMILES string of the molecule is N#Cc1ccc(-c2ccc3c(c2)c2cc(-c4ccc(C#N)cc4)ccc2n3-c2cc(-c3nc(-c4ccccc4)nc(-c4ccccc4)n3)ccc2-c2ccccc2C(F)(F)F)cc1. The molecule has 0 bridgehead atoms. The second-order valence-corrected chi connectivity index (χ2v) is 15.0. The minimum atomic E-state index is -4.64. The van der Waals surface area contributed by atoms with Crippen LogP contribution in [-0.2, 0) is 6.18 Å². The van der Waals surface area contributed by atoms with Gasteiger partial charge in [0, 0.05) is 33.0 Å². The number of halogens is 3. The predicted octanol–water partition coefficient (Wildman–Crippen LogP) is 13.7. The minimum Gasteiger partial charge on any atom is -0.309 e. The first-order chi connectivity index (χ1) is 30.7. The van der Waals surface area contributed by atoms with E-state index in [9.17, 15) is 23.7 Å². The molecule has 0 aliphatic carbocycles. The van der Waals surface area contributed by atoms with E-state index >= 15 is 0 Å². The van der Waals surface area contributed by atoms with Crippen LogP contribution in [0.25, 0.3) is 95.0 Å². The first-order valence-corrected chi connectivity index (χ1v) is 20.0. The Morgan fingerprint density at radius 3 is 1.30 bits per heavy atom. The molecule has 0 aliphatic heterocycles. The van der Waals surface area contributed by atoms with Crippen LogP contribution in [0.4, 0.5) is 13.2 Å². The lowest BCUT2D eigenvalue weighted by molar-refractivity contribution is -0.137. The number of benzene rings is 8. The zero-order valence-electron chi connectivity index (χ0n) is 33.2. The number of nitrogens with zero attached hydrogens (tertiary/aromatic N) is 6. The molecule has 0 spiro atoms. The van der Waals surface area contributed by atoms with Crippen molar-refractivity contribution in [2.24, 2.45) is 0 Å². The average Bonchev–Trinajstić information content (AvgIpc) is 3.67. The molecule has 9 heteroatoms. The molecule has 0 radical (unpaired) electrons. The van der Waals surface area contributed by atoms with E-state index in [-0.39, 0.29) is 5.56 Å². The van der Waals surface area contributed by atoms with Crippen molar-refractivity contribution in [2.75, 3.05) is 0 Å². The Morgan fingerprint density at radius 1 is 0.397 bits per heavy atom. The van der Waals surface area contributed by atoms with Crippen LogP contribution < -0.4 is 0 Å². The summed E-state index contributed by atoms with van der Waals surface area (Å²) in [6.07, 6.45) is -4.64. The van der Waals surface area contributed by atoms with Gasteiger partial charge in [0.25, 0.3) is 0 Å². The van der Waals surface area contributed by atoms with E-state index in [0.29, 0.717) is 45.4 Å². The Balaban J connectivity index is 1.27. The van der Waals surface area contributed by atoms with Crippen LogP contribution in [-0.4, -0.2) is 19.5 Å². The van der Waals surface area contributed by atoms with Crippen molar-refractivity contribution >= 4 is 21.8 Å². The third-order valence-electron chi connectivity index (χ3n) is 11.2. The fourth-order valence-corrected chi connectivity index (χ4v) is 8.10. The third-order valence-corrected chi connectivity index (χ3v) is 11.2. The molecule has 0 aliphatic rings. The van der Waals surface area contributed by atoms with Gasteiger partial charge >= 0.3 is 6.18 Å². The molecular weight excluding hydrogens is 790 g/mol. The van der Waals surface area contributed by atoms with Gasteiger partial charge in [-0.3, -0.25) is 0 Å². The maximum atomic E-state index is 14.9. The standard InChI is InChI=1S/C54H31F3N6/c55-54(56,57)47-14-8-7-13-43(47)44-26-23-42(53-61-51(38-9-3-1-4-10-38)60-52(62-53)39-11-5-2-6-12-39)31-50(44)63-48-27-24-40(36-19-15-34(32-58)16-20-36)29-45(48)46-30-41(25-28-49(46)63)37-21-17-35(33-59)18-22-37/h1-31H. The van der Waals surface area contributed by atoms with Gasteiger partial charge in [0.15, 0.2) is 17.5 Å². The number of hydrogen-bond acceptors (Lipinski definition) is 5. The molecule has 8 aromatic carbocycles. The molecule has 0 saturated carbocycles. The molecule has 0 atom stereocenters. The molecule has 0 saturated heterocycles. The van der Waals surface area contributed by atoms with Gasteiger partial charge < -0.3 is 4.57 Å². The van der Waals surface area contributed by atoms with Gasteiger partial charge in [0.2, 0.25) is 0 Å². The molecule has 10 aromatic rings. The summed E-state index contributed by atoms with van der Waals surface area (Å²) in [4.78, 5) is 14.8. The van der Waals surface area contributed by atoms with Crippen LogP contribution in [0.2, 0.25) is 0 Å². The zero-order valence-corrected chi connectivity index (χ0v) is 33.2. The van der Waals surface area contributed by atoms with Crippen molar-refractivity contribution in [1.29, 1.82) is 10.5 Å². The van der Waals surface area contributed by atoms with Crippen LogP contribution in [0, 0.1) is 22.7 Å². The summed E-state index contributed by atoms with van der Waals surface area (Å²) < 4.78 is 46.7. The van der Waals surface area contributed by atoms with Crippen molar-refractivity contribution in [1.82, 2.24) is 19.5 Å². The normalized spacial score (nSPS) is 11.4. The van der Waals surface area contributed by atoms with E-state index in [1.165, 1.54) is 12.1 Å². The Hall–Kier alpha value is -8.66. The molecule has 2 aromatic heterocycles. The minimum absolute atomic E-state index is 0.0237. The Kier molecular flexibility index (Phi) is 9.63. The topological polar surface area (TPSA) is 91.2 Å². The van der Waals surface area contributed by atoms with Gasteiger partial charge in [-0.25, -0.2) is 15.0 Å². The molecule has 10 rings (SSSR count). The van der Waals surface area contributed by atoms with Gasteiger partial charge in [-0.2, -0.15) is 23.7 Å². The molecule has 298 valence electrons. The summed E-state index contributed by atoms with van der Waals surface area (Å²) in [5.41, 5.74) is 8.47. The second kappa shape index (κ2) is 15.7. The van der Waals surface area contributed by atoms with Gasteiger partial charge in [-0.05, 0) is 88.5 Å². The summed E-state index contributed by atoms with van der Waals surface area (Å²) >= 11 is 0. The summed E-state index contributed by atoms with van der Waals surface area (Å²) in [7, 11) is 0. The van der Waals surface area contributed by atoms with Gasteiger partial charge in [-0.1, -0.05) is 127 Å². The van der Waals surface area contributed by atoms with Gasteiger partial charge in [0.1, 0.15) is 0 Å². The van der Waals surface area contributed by atoms with Crippen molar-refractivity contribution in [3.63, 3.8) is 0 Å². The first kappa shape index (κ1) is 38.5. The molecule has 0 fully saturated rings. The lowest BCUT2D eigenvalue weighted by atomic mass is 9.96. The van der Waals surface area contributed by atoms with E-state index in [4.69, 9.17) is 15.0 Å². The van der Waals surface area contributed by atoms with Crippen molar-refractivity contribution in [2.45, 2.75) is 6.18 Å². The zero-order chi connectivity index (χ0) is 43.1. The molecule has 6 nitrogen and oxygen atoms in total. The van der Waals surface area contributed by atoms with Crippen LogP contribution in [0.5, 0.6) is 0 Å². The number of nitriles is 2. The van der Waals surface area contributed by atoms with E-state index in [1.54, 1.807) is 42.5 Å². The smallest absolute Gasteiger partial charge is 0.309 e. The number of aromatic nitrogens is 4. The number of fused-ring (bicyclic) bond motifs is 3. The highest BCUT2D eigenvalue weighted by atomic mass is 19.4. The van der Waals surface area contributed by atoms with E-state index in [0.717, 1.165) is 61.3 Å². The molecule has 63 heavy (non-hydrogen) atoms. The third kappa shape index (κ3) is 7.24. The van der Waals surface area contributed by atoms with Crippen LogP contribution in [0.15, 0.2) is 188 Å². The van der Waals surface area contributed by atoms with Crippen molar-refractivity contribution < 1.29 is 13.2 Å². The van der Waals surface area contributed by atoms with Crippen LogP contribution >= 0.6 is 0 Å². The molecule has 2 heterocycles. The Morgan fingerprint density at radius 2 is 0.825 bits per heavy atom. The highest BCUT2D eigenvalue weighted by Gasteiger charge is 2.34. The predicted molar refractivity (Wildman–Crippen MR) is 241 cm³/mol. The summed E-state index contributed by atoms with van der Waals surface area (Å²) in [5.74, 6) is 1.26. The molecule has 0 N–H and O–H groups in total. The maximum absolute atomic E-state index is 14.9. The average molecular weight is 821 g/mol. The second-order valence-electron chi connectivity index (χ2n) is 15.0. The van der Waals surface area contributed by atoms with Crippen LogP contribution in [0.3, 0.4) is 0 Å². The number of alkyl halides is 3. The fourth-order valence-electron chi connectivity index (χ4n) is 8.10. The lowest BCUT2D eigenvalue weighted by Crippen LogP contribution is -2.08. The Bertz CT molecular complexity index is 3260. The summed E-state index contributed by atoms with van der Waals surface area (Å²) in [5, 5.41) is 20.7. The molecular formula is C54H31F3N6. The fraction of sp³-hybridized carbons (Fsp3) is 0.0185. The number of rotatable bonds is 7. The van der Waals surface area contributed by atoms with Gasteiger partial charge in [0.05, 0.1) is 45.5 Å². The first-order valence-electron chi connectivity index (χ1n) is 20.0. The van der Waals surface area contributed by atoms with Crippen molar-refractivity contribution in [3.8, 4) is 85.4 Å². The highest BCUT2D eigenvalue weighted by Crippen LogP contribution is 2.44. The lowest BCUT2D eigenvalue weighted by Gasteiger charge is -2.19. The van der Waals surface area contributed by atoms with Crippen LogP contribution in [0.1, 0.15) is 16.7 Å². The van der Waals surface area contributed by atoms with E-state index in [2.05, 4.69) is 24.3 Å². The van der Waals surface area contributed by atoms with Gasteiger partial charge in [-0.15, -0.1) is 0 Å². The maximum Gasteiger partial charge on any atom is 0.417 e. The number of hydrogen-bond donors (Lipinski definition) is 0.